The summed E-state index contributed by atoms with van der Waals surface area (Å²) < 4.78 is 42.7. The summed E-state index contributed by atoms with van der Waals surface area (Å²) in [5, 5.41) is 11.4. The average molecular weight is 345 g/mol. The fraction of sp³-hybridized carbons (Fsp3) is 0.500. The van der Waals surface area contributed by atoms with Gasteiger partial charge in [-0.05, 0) is 37.8 Å². The molecule has 0 saturated heterocycles. The van der Waals surface area contributed by atoms with Crippen LogP contribution in [0.2, 0.25) is 0 Å². The lowest BCUT2D eigenvalue weighted by Crippen LogP contribution is -2.34. The molecule has 0 spiro atoms. The number of amides is 1. The summed E-state index contributed by atoms with van der Waals surface area (Å²) >= 11 is 0. The van der Waals surface area contributed by atoms with E-state index in [0.717, 1.165) is 6.07 Å². The molecule has 1 aliphatic carbocycles. The molecule has 1 aromatic rings. The fourth-order valence-electron chi connectivity index (χ4n) is 2.84. The number of alkyl halides is 2. The van der Waals surface area contributed by atoms with Crippen molar-refractivity contribution in [2.45, 2.75) is 38.8 Å². The topological polar surface area (TPSA) is 75.6 Å². The number of carboxylic acids is 1. The number of rotatable bonds is 6. The zero-order valence-electron chi connectivity index (χ0n) is 12.8. The highest BCUT2D eigenvalue weighted by atomic mass is 19.3. The van der Waals surface area contributed by atoms with E-state index in [4.69, 9.17) is 5.11 Å². The Morgan fingerprint density at radius 2 is 1.83 bits per heavy atom. The van der Waals surface area contributed by atoms with E-state index in [1.165, 1.54) is 12.1 Å². The van der Waals surface area contributed by atoms with Crippen LogP contribution in [-0.4, -0.2) is 23.6 Å². The van der Waals surface area contributed by atoms with E-state index in [2.05, 4.69) is 10.1 Å². The van der Waals surface area contributed by atoms with Crippen LogP contribution in [0.1, 0.15) is 31.2 Å². The van der Waals surface area contributed by atoms with Crippen molar-refractivity contribution in [1.82, 2.24) is 5.32 Å². The third kappa shape index (κ3) is 4.62. The molecule has 2 N–H and O–H groups in total. The first kappa shape index (κ1) is 18.1. The van der Waals surface area contributed by atoms with Gasteiger partial charge in [-0.3, -0.25) is 9.59 Å². The highest BCUT2D eigenvalue weighted by molar-refractivity contribution is 5.79. The molecule has 1 aliphatic rings. The highest BCUT2D eigenvalue weighted by Gasteiger charge is 2.29. The first-order valence-electron chi connectivity index (χ1n) is 7.61. The maximum atomic E-state index is 13.8. The van der Waals surface area contributed by atoms with Gasteiger partial charge in [0.2, 0.25) is 5.91 Å². The Balaban J connectivity index is 1.94. The molecular weight excluding hydrogens is 327 g/mol. The minimum atomic E-state index is -3.09. The van der Waals surface area contributed by atoms with Crippen molar-refractivity contribution in [3.63, 3.8) is 0 Å². The molecule has 0 heterocycles. The highest BCUT2D eigenvalue weighted by Crippen LogP contribution is 2.29. The zero-order valence-corrected chi connectivity index (χ0v) is 12.8. The molecule has 132 valence electrons. The van der Waals surface area contributed by atoms with Crippen molar-refractivity contribution in [3.05, 3.63) is 29.6 Å². The Morgan fingerprint density at radius 3 is 2.42 bits per heavy atom. The number of carbonyl (C=O) groups is 2. The van der Waals surface area contributed by atoms with E-state index in [0.29, 0.717) is 25.7 Å². The number of benzene rings is 1. The van der Waals surface area contributed by atoms with E-state index < -0.39 is 24.3 Å². The van der Waals surface area contributed by atoms with Crippen molar-refractivity contribution >= 4 is 11.9 Å². The molecule has 0 bridgehead atoms. The Labute approximate surface area is 136 Å². The van der Waals surface area contributed by atoms with Gasteiger partial charge in [0, 0.05) is 18.0 Å². The van der Waals surface area contributed by atoms with Gasteiger partial charge in [0.05, 0.1) is 5.92 Å². The van der Waals surface area contributed by atoms with Gasteiger partial charge in [-0.1, -0.05) is 6.07 Å². The monoisotopic (exact) mass is 345 g/mol. The van der Waals surface area contributed by atoms with Gasteiger partial charge in [-0.2, -0.15) is 8.78 Å². The van der Waals surface area contributed by atoms with Gasteiger partial charge in [-0.15, -0.1) is 0 Å². The summed E-state index contributed by atoms with van der Waals surface area (Å²) in [6.45, 7) is -3.36. The van der Waals surface area contributed by atoms with Crippen LogP contribution in [0.15, 0.2) is 18.2 Å². The van der Waals surface area contributed by atoms with Gasteiger partial charge in [0.15, 0.2) is 0 Å². The first-order valence-corrected chi connectivity index (χ1v) is 7.61. The molecule has 0 atom stereocenters. The van der Waals surface area contributed by atoms with Crippen molar-refractivity contribution in [2.75, 3.05) is 0 Å². The summed E-state index contributed by atoms with van der Waals surface area (Å²) in [5.74, 6) is -3.07. The molecule has 8 heteroatoms. The minimum absolute atomic E-state index is 0.148. The molecular formula is C16H18F3NO4. The van der Waals surface area contributed by atoms with Gasteiger partial charge in [-0.25, -0.2) is 4.39 Å². The van der Waals surface area contributed by atoms with Gasteiger partial charge >= 0.3 is 12.6 Å². The van der Waals surface area contributed by atoms with E-state index in [9.17, 15) is 22.8 Å². The maximum absolute atomic E-state index is 13.8. The Bertz CT molecular complexity index is 601. The van der Waals surface area contributed by atoms with Crippen LogP contribution >= 0.6 is 0 Å². The second-order valence-corrected chi connectivity index (χ2v) is 5.70. The number of hydrogen-bond acceptors (Lipinski definition) is 3. The summed E-state index contributed by atoms with van der Waals surface area (Å²) in [7, 11) is 0. The molecule has 1 amide bonds. The molecule has 1 saturated carbocycles. The predicted octanol–water partition coefficient (Wildman–Crippen LogP) is 2.93. The molecule has 0 aromatic heterocycles. The van der Waals surface area contributed by atoms with Crippen molar-refractivity contribution in [1.29, 1.82) is 0 Å². The van der Waals surface area contributed by atoms with Crippen molar-refractivity contribution in [2.24, 2.45) is 11.8 Å². The number of carbonyl (C=O) groups excluding carboxylic acids is 1. The molecule has 0 aliphatic heterocycles. The summed E-state index contributed by atoms with van der Waals surface area (Å²) in [6, 6.07) is 3.54. The standard InChI is InChI=1S/C16H18F3NO4/c17-12-2-1-3-13(24-16(18)19)11(12)8-20-14(21)9-4-6-10(7-5-9)15(22)23/h1-3,9-10,16H,4-8H2,(H,20,21)(H,22,23). The van der Waals surface area contributed by atoms with Gasteiger partial charge in [0.1, 0.15) is 11.6 Å². The number of nitrogens with one attached hydrogen (secondary N) is 1. The van der Waals surface area contributed by atoms with Crippen LogP contribution in [0.4, 0.5) is 13.2 Å². The third-order valence-electron chi connectivity index (χ3n) is 4.18. The Morgan fingerprint density at radius 1 is 1.21 bits per heavy atom. The molecule has 1 fully saturated rings. The number of halogens is 3. The second-order valence-electron chi connectivity index (χ2n) is 5.70. The smallest absolute Gasteiger partial charge is 0.387 e. The summed E-state index contributed by atoms with van der Waals surface area (Å²) in [6.07, 6.45) is 1.68. The predicted molar refractivity (Wildman–Crippen MR) is 78.0 cm³/mol. The molecule has 1 aromatic carbocycles. The SMILES string of the molecule is O=C(O)C1CCC(C(=O)NCc2c(F)cccc2OC(F)F)CC1. The lowest BCUT2D eigenvalue weighted by Gasteiger charge is -2.25. The lowest BCUT2D eigenvalue weighted by molar-refractivity contribution is -0.144. The van der Waals surface area contributed by atoms with Crippen LogP contribution in [0.25, 0.3) is 0 Å². The molecule has 0 radical (unpaired) electrons. The number of aliphatic carboxylic acids is 1. The zero-order chi connectivity index (χ0) is 17.7. The minimum Gasteiger partial charge on any atom is -0.481 e. The lowest BCUT2D eigenvalue weighted by atomic mass is 9.81. The Kier molecular flexibility index (Phi) is 6.05. The number of ether oxygens (including phenoxy) is 1. The average Bonchev–Trinajstić information content (AvgIpc) is 2.53. The number of hydrogen-bond donors (Lipinski definition) is 2. The van der Waals surface area contributed by atoms with E-state index in [1.807, 2.05) is 0 Å². The van der Waals surface area contributed by atoms with E-state index >= 15 is 0 Å². The molecule has 5 nitrogen and oxygen atoms in total. The summed E-state index contributed by atoms with van der Waals surface area (Å²) in [5.41, 5.74) is -0.148. The largest absolute Gasteiger partial charge is 0.481 e. The number of carboxylic acid groups (broad SMARTS) is 1. The van der Waals surface area contributed by atoms with Gasteiger partial charge < -0.3 is 15.2 Å². The van der Waals surface area contributed by atoms with Crippen LogP contribution in [0, 0.1) is 17.7 Å². The van der Waals surface area contributed by atoms with Crippen LogP contribution in [-0.2, 0) is 16.1 Å². The quantitative estimate of drug-likeness (QED) is 0.831. The fourth-order valence-corrected chi connectivity index (χ4v) is 2.84. The van der Waals surface area contributed by atoms with Crippen LogP contribution in [0.5, 0.6) is 5.75 Å². The normalized spacial score (nSPS) is 20.7. The maximum Gasteiger partial charge on any atom is 0.387 e. The van der Waals surface area contributed by atoms with Gasteiger partial charge in [0.25, 0.3) is 0 Å². The summed E-state index contributed by atoms with van der Waals surface area (Å²) in [4.78, 5) is 23.0. The van der Waals surface area contributed by atoms with Crippen molar-refractivity contribution in [3.8, 4) is 5.75 Å². The van der Waals surface area contributed by atoms with Crippen LogP contribution < -0.4 is 10.1 Å². The van der Waals surface area contributed by atoms with E-state index in [-0.39, 0.29) is 29.7 Å². The van der Waals surface area contributed by atoms with Crippen molar-refractivity contribution < 1.29 is 32.6 Å². The molecule has 24 heavy (non-hydrogen) atoms. The third-order valence-corrected chi connectivity index (χ3v) is 4.18. The van der Waals surface area contributed by atoms with Crippen LogP contribution in [0.3, 0.4) is 0 Å². The first-order chi connectivity index (χ1) is 11.4. The van der Waals surface area contributed by atoms with E-state index in [1.54, 1.807) is 0 Å². The molecule has 2 rings (SSSR count). The second kappa shape index (κ2) is 8.03. The Hall–Kier alpha value is -2.25. The molecule has 0 unspecified atom stereocenters.